The molecule has 1 heterocycles. The SMILES string of the molecule is CCCc1nc2cc(N)ccc2n1CC1(C)CCC1. The molecule has 0 spiro atoms. The number of aromatic nitrogens is 2. The Kier molecular flexibility index (Phi) is 3.00. The van der Waals surface area contributed by atoms with E-state index >= 15 is 0 Å². The summed E-state index contributed by atoms with van der Waals surface area (Å²) in [6.07, 6.45) is 6.24. The lowest BCUT2D eigenvalue weighted by molar-refractivity contribution is 0.132. The van der Waals surface area contributed by atoms with Crippen LogP contribution in [0.3, 0.4) is 0 Å². The normalized spacial score (nSPS) is 17.6. The van der Waals surface area contributed by atoms with Crippen molar-refractivity contribution in [2.75, 3.05) is 5.73 Å². The van der Waals surface area contributed by atoms with Crippen molar-refractivity contribution in [3.8, 4) is 0 Å². The molecule has 0 aliphatic heterocycles. The third-order valence-electron chi connectivity index (χ3n) is 4.43. The molecule has 3 nitrogen and oxygen atoms in total. The molecule has 3 heteroatoms. The Balaban J connectivity index is 2.05. The number of nitrogens with two attached hydrogens (primary N) is 1. The van der Waals surface area contributed by atoms with Gasteiger partial charge in [0.2, 0.25) is 0 Å². The number of hydrogen-bond acceptors (Lipinski definition) is 2. The summed E-state index contributed by atoms with van der Waals surface area (Å²) in [7, 11) is 0. The third kappa shape index (κ3) is 2.22. The van der Waals surface area contributed by atoms with Gasteiger partial charge in [-0.15, -0.1) is 0 Å². The zero-order valence-electron chi connectivity index (χ0n) is 11.9. The quantitative estimate of drug-likeness (QED) is 0.847. The molecule has 2 aromatic rings. The van der Waals surface area contributed by atoms with Gasteiger partial charge in [0.15, 0.2) is 0 Å². The topological polar surface area (TPSA) is 43.8 Å². The Morgan fingerprint density at radius 1 is 1.37 bits per heavy atom. The van der Waals surface area contributed by atoms with Gasteiger partial charge in [0.1, 0.15) is 5.82 Å². The predicted molar refractivity (Wildman–Crippen MR) is 80.1 cm³/mol. The summed E-state index contributed by atoms with van der Waals surface area (Å²) in [6.45, 7) is 5.71. The zero-order valence-corrected chi connectivity index (χ0v) is 11.9. The van der Waals surface area contributed by atoms with Gasteiger partial charge in [-0.2, -0.15) is 0 Å². The van der Waals surface area contributed by atoms with Crippen molar-refractivity contribution >= 4 is 16.7 Å². The molecule has 0 radical (unpaired) electrons. The van der Waals surface area contributed by atoms with E-state index in [1.54, 1.807) is 0 Å². The molecule has 1 aromatic heterocycles. The summed E-state index contributed by atoms with van der Waals surface area (Å²) < 4.78 is 2.43. The van der Waals surface area contributed by atoms with Gasteiger partial charge in [-0.3, -0.25) is 0 Å². The number of nitrogen functional groups attached to an aromatic ring is 1. The first-order chi connectivity index (χ1) is 9.11. The molecule has 2 N–H and O–H groups in total. The monoisotopic (exact) mass is 257 g/mol. The molecule has 1 aliphatic carbocycles. The van der Waals surface area contributed by atoms with Crippen molar-refractivity contribution in [1.82, 2.24) is 9.55 Å². The maximum Gasteiger partial charge on any atom is 0.109 e. The molecule has 0 bridgehead atoms. The molecule has 0 atom stereocenters. The van der Waals surface area contributed by atoms with Gasteiger partial charge in [0.05, 0.1) is 11.0 Å². The first kappa shape index (κ1) is 12.5. The second-order valence-electron chi connectivity index (χ2n) is 6.28. The van der Waals surface area contributed by atoms with E-state index in [2.05, 4.69) is 24.5 Å². The second-order valence-corrected chi connectivity index (χ2v) is 6.28. The lowest BCUT2D eigenvalue weighted by Crippen LogP contribution is -2.31. The van der Waals surface area contributed by atoms with E-state index < -0.39 is 0 Å². The van der Waals surface area contributed by atoms with Gasteiger partial charge >= 0.3 is 0 Å². The first-order valence-corrected chi connectivity index (χ1v) is 7.36. The van der Waals surface area contributed by atoms with Gasteiger partial charge in [-0.25, -0.2) is 4.98 Å². The minimum absolute atomic E-state index is 0.470. The van der Waals surface area contributed by atoms with Crippen LogP contribution >= 0.6 is 0 Å². The number of nitrogens with zero attached hydrogens (tertiary/aromatic N) is 2. The molecule has 1 saturated carbocycles. The summed E-state index contributed by atoms with van der Waals surface area (Å²) in [5.41, 5.74) is 9.43. The fourth-order valence-corrected chi connectivity index (χ4v) is 3.11. The number of rotatable bonds is 4. The van der Waals surface area contributed by atoms with Crippen LogP contribution in [0.4, 0.5) is 5.69 Å². The standard InChI is InChI=1S/C16H23N3/c1-3-5-15-18-13-10-12(17)6-7-14(13)19(15)11-16(2)8-4-9-16/h6-7,10H,3-5,8-9,11,17H2,1-2H3. The van der Waals surface area contributed by atoms with Gasteiger partial charge < -0.3 is 10.3 Å². The van der Waals surface area contributed by atoms with Gasteiger partial charge in [0.25, 0.3) is 0 Å². The summed E-state index contributed by atoms with van der Waals surface area (Å²) in [6, 6.07) is 6.10. The Bertz CT molecular complexity index is 593. The van der Waals surface area contributed by atoms with E-state index in [-0.39, 0.29) is 0 Å². The van der Waals surface area contributed by atoms with Gasteiger partial charge in [0, 0.05) is 18.7 Å². The lowest BCUT2D eigenvalue weighted by atomic mass is 9.70. The van der Waals surface area contributed by atoms with Crippen LogP contribution in [0.5, 0.6) is 0 Å². The van der Waals surface area contributed by atoms with Crippen molar-refractivity contribution in [3.63, 3.8) is 0 Å². The van der Waals surface area contributed by atoms with Gasteiger partial charge in [-0.05, 0) is 42.9 Å². The smallest absolute Gasteiger partial charge is 0.109 e. The van der Waals surface area contributed by atoms with Crippen LogP contribution in [0.15, 0.2) is 18.2 Å². The van der Waals surface area contributed by atoms with Crippen LogP contribution in [-0.4, -0.2) is 9.55 Å². The minimum atomic E-state index is 0.470. The molecule has 19 heavy (non-hydrogen) atoms. The summed E-state index contributed by atoms with van der Waals surface area (Å²) in [5.74, 6) is 1.22. The zero-order chi connectivity index (χ0) is 13.5. The van der Waals surface area contributed by atoms with E-state index in [1.165, 1.54) is 30.6 Å². The van der Waals surface area contributed by atoms with Crippen molar-refractivity contribution < 1.29 is 0 Å². The van der Waals surface area contributed by atoms with Crippen LogP contribution in [0.1, 0.15) is 45.4 Å². The Morgan fingerprint density at radius 3 is 2.79 bits per heavy atom. The molecule has 1 aliphatic rings. The van der Waals surface area contributed by atoms with E-state index in [9.17, 15) is 0 Å². The molecule has 0 saturated heterocycles. The fraction of sp³-hybridized carbons (Fsp3) is 0.562. The highest BCUT2D eigenvalue weighted by Gasteiger charge is 2.33. The van der Waals surface area contributed by atoms with Crippen molar-refractivity contribution in [3.05, 3.63) is 24.0 Å². The Morgan fingerprint density at radius 2 is 2.16 bits per heavy atom. The van der Waals surface area contributed by atoms with E-state index in [1.807, 2.05) is 12.1 Å². The predicted octanol–water partition coefficient (Wildman–Crippen LogP) is 3.76. The molecule has 1 fully saturated rings. The maximum atomic E-state index is 5.87. The average molecular weight is 257 g/mol. The number of hydrogen-bond donors (Lipinski definition) is 1. The second kappa shape index (κ2) is 4.55. The highest BCUT2D eigenvalue weighted by atomic mass is 15.1. The van der Waals surface area contributed by atoms with Crippen LogP contribution in [-0.2, 0) is 13.0 Å². The number of aryl methyl sites for hydroxylation is 1. The lowest BCUT2D eigenvalue weighted by Gasteiger charge is -2.39. The number of anilines is 1. The summed E-state index contributed by atoms with van der Waals surface area (Å²) in [4.78, 5) is 4.79. The molecular formula is C16H23N3. The van der Waals surface area contributed by atoms with Crippen LogP contribution in [0.25, 0.3) is 11.0 Å². The van der Waals surface area contributed by atoms with E-state index in [4.69, 9.17) is 10.7 Å². The van der Waals surface area contributed by atoms with Crippen molar-refractivity contribution in [1.29, 1.82) is 0 Å². The molecular weight excluding hydrogens is 234 g/mol. The maximum absolute atomic E-state index is 5.87. The van der Waals surface area contributed by atoms with E-state index in [0.29, 0.717) is 5.41 Å². The first-order valence-electron chi connectivity index (χ1n) is 7.36. The summed E-state index contributed by atoms with van der Waals surface area (Å²) >= 11 is 0. The minimum Gasteiger partial charge on any atom is -0.399 e. The number of benzene rings is 1. The number of imidazole rings is 1. The van der Waals surface area contributed by atoms with Crippen LogP contribution in [0, 0.1) is 5.41 Å². The molecule has 0 amide bonds. The Labute approximate surface area is 114 Å². The van der Waals surface area contributed by atoms with Crippen molar-refractivity contribution in [2.45, 2.75) is 52.5 Å². The van der Waals surface area contributed by atoms with E-state index in [0.717, 1.165) is 30.6 Å². The molecule has 1 aromatic carbocycles. The third-order valence-corrected chi connectivity index (χ3v) is 4.43. The van der Waals surface area contributed by atoms with Crippen LogP contribution < -0.4 is 5.73 Å². The molecule has 0 unspecified atom stereocenters. The summed E-state index contributed by atoms with van der Waals surface area (Å²) in [5, 5.41) is 0. The molecule has 102 valence electrons. The average Bonchev–Trinajstić information content (AvgIpc) is 2.65. The Hall–Kier alpha value is -1.51. The van der Waals surface area contributed by atoms with Gasteiger partial charge in [-0.1, -0.05) is 20.3 Å². The largest absolute Gasteiger partial charge is 0.399 e. The number of fused-ring (bicyclic) bond motifs is 1. The molecule has 3 rings (SSSR count). The van der Waals surface area contributed by atoms with Crippen LogP contribution in [0.2, 0.25) is 0 Å². The van der Waals surface area contributed by atoms with Crippen molar-refractivity contribution in [2.24, 2.45) is 5.41 Å². The highest BCUT2D eigenvalue weighted by Crippen LogP contribution is 2.42. The highest BCUT2D eigenvalue weighted by molar-refractivity contribution is 5.79. The fourth-order valence-electron chi connectivity index (χ4n) is 3.11.